The molecular formula is C16H14FN3O2S2. The molecule has 0 bridgehead atoms. The summed E-state index contributed by atoms with van der Waals surface area (Å²) in [6.45, 7) is 4.13. The van der Waals surface area contributed by atoms with Crippen LogP contribution in [0.15, 0.2) is 60.0 Å². The molecule has 0 saturated carbocycles. The van der Waals surface area contributed by atoms with Gasteiger partial charge in [0.2, 0.25) is 0 Å². The summed E-state index contributed by atoms with van der Waals surface area (Å²) in [5, 5.41) is 3.23. The molecule has 0 amide bonds. The van der Waals surface area contributed by atoms with Crippen LogP contribution in [0, 0.1) is 5.82 Å². The standard InChI is InChI=1S/C16H14FN3O2S2/c1-2-8-18-12-4-3-5-13(10-12)24(21,22)20-16-19-14-7-6-11(17)9-15(14)23-16/h2-7,9-10,18H,1,8H2,(H,19,20). The normalized spacial score (nSPS) is 11.4. The average Bonchev–Trinajstić information content (AvgIpc) is 2.93. The molecule has 0 aliphatic carbocycles. The quantitative estimate of drug-likeness (QED) is 0.653. The van der Waals surface area contributed by atoms with E-state index in [1.165, 1.54) is 30.3 Å². The molecule has 2 N–H and O–H groups in total. The number of sulfonamides is 1. The van der Waals surface area contributed by atoms with E-state index in [1.807, 2.05) is 0 Å². The fraction of sp³-hybridized carbons (Fsp3) is 0.0625. The number of fused-ring (bicyclic) bond motifs is 1. The van der Waals surface area contributed by atoms with Crippen molar-refractivity contribution < 1.29 is 12.8 Å². The van der Waals surface area contributed by atoms with Crippen LogP contribution in [0.2, 0.25) is 0 Å². The minimum atomic E-state index is -3.78. The summed E-state index contributed by atoms with van der Waals surface area (Å²) in [5.74, 6) is -0.387. The van der Waals surface area contributed by atoms with Crippen molar-refractivity contribution in [2.45, 2.75) is 4.90 Å². The molecule has 24 heavy (non-hydrogen) atoms. The second-order valence-electron chi connectivity index (χ2n) is 4.93. The number of hydrogen-bond donors (Lipinski definition) is 2. The van der Waals surface area contributed by atoms with Gasteiger partial charge in [0.25, 0.3) is 10.0 Å². The highest BCUT2D eigenvalue weighted by Gasteiger charge is 2.17. The van der Waals surface area contributed by atoms with Crippen LogP contribution >= 0.6 is 11.3 Å². The molecule has 0 atom stereocenters. The summed E-state index contributed by atoms with van der Waals surface area (Å²) in [6, 6.07) is 10.6. The number of aromatic nitrogens is 1. The minimum Gasteiger partial charge on any atom is -0.382 e. The molecular weight excluding hydrogens is 349 g/mol. The van der Waals surface area contributed by atoms with Gasteiger partial charge in [-0.05, 0) is 36.4 Å². The third-order valence-electron chi connectivity index (χ3n) is 3.17. The molecule has 0 spiro atoms. The highest BCUT2D eigenvalue weighted by Crippen LogP contribution is 2.28. The fourth-order valence-corrected chi connectivity index (χ4v) is 4.25. The van der Waals surface area contributed by atoms with Gasteiger partial charge in [-0.1, -0.05) is 23.5 Å². The van der Waals surface area contributed by atoms with Gasteiger partial charge in [0.05, 0.1) is 15.1 Å². The van der Waals surface area contributed by atoms with Crippen molar-refractivity contribution in [1.82, 2.24) is 4.98 Å². The number of anilines is 2. The van der Waals surface area contributed by atoms with Crippen LogP contribution in [0.4, 0.5) is 15.2 Å². The smallest absolute Gasteiger partial charge is 0.263 e. The van der Waals surface area contributed by atoms with Crippen LogP contribution < -0.4 is 10.0 Å². The van der Waals surface area contributed by atoms with Crippen LogP contribution in [0.5, 0.6) is 0 Å². The lowest BCUT2D eigenvalue weighted by Gasteiger charge is -2.08. The monoisotopic (exact) mass is 363 g/mol. The maximum Gasteiger partial charge on any atom is 0.263 e. The van der Waals surface area contributed by atoms with Crippen LogP contribution in [0.3, 0.4) is 0 Å². The lowest BCUT2D eigenvalue weighted by atomic mass is 10.3. The van der Waals surface area contributed by atoms with Gasteiger partial charge in [-0.3, -0.25) is 4.72 Å². The first-order chi connectivity index (χ1) is 11.5. The molecule has 8 heteroatoms. The zero-order valence-corrected chi connectivity index (χ0v) is 14.1. The van der Waals surface area contributed by atoms with Crippen molar-refractivity contribution in [3.05, 3.63) is 60.9 Å². The SMILES string of the molecule is C=CCNc1cccc(S(=O)(=O)Nc2nc3ccc(F)cc3s2)c1. The molecule has 2 aromatic carbocycles. The summed E-state index contributed by atoms with van der Waals surface area (Å²) in [7, 11) is -3.78. The lowest BCUT2D eigenvalue weighted by Crippen LogP contribution is -2.13. The second-order valence-corrected chi connectivity index (χ2v) is 7.65. The van der Waals surface area contributed by atoms with Gasteiger partial charge in [-0.2, -0.15) is 0 Å². The Kier molecular flexibility index (Phi) is 4.50. The number of benzene rings is 2. The van der Waals surface area contributed by atoms with E-state index in [9.17, 15) is 12.8 Å². The van der Waals surface area contributed by atoms with Crippen molar-refractivity contribution in [1.29, 1.82) is 0 Å². The summed E-state index contributed by atoms with van der Waals surface area (Å²) >= 11 is 1.08. The highest BCUT2D eigenvalue weighted by atomic mass is 32.2. The summed E-state index contributed by atoms with van der Waals surface area (Å²) in [6.07, 6.45) is 1.68. The van der Waals surface area contributed by atoms with E-state index in [0.717, 1.165) is 11.3 Å². The zero-order chi connectivity index (χ0) is 17.2. The number of halogens is 1. The van der Waals surface area contributed by atoms with E-state index in [4.69, 9.17) is 0 Å². The fourth-order valence-electron chi connectivity index (χ4n) is 2.08. The Hall–Kier alpha value is -2.45. The van der Waals surface area contributed by atoms with Gasteiger partial charge < -0.3 is 5.32 Å². The van der Waals surface area contributed by atoms with Crippen LogP contribution in [0.1, 0.15) is 0 Å². The third kappa shape index (κ3) is 3.55. The maximum absolute atomic E-state index is 13.2. The van der Waals surface area contributed by atoms with E-state index < -0.39 is 10.0 Å². The molecule has 0 unspecified atom stereocenters. The van der Waals surface area contributed by atoms with Crippen molar-refractivity contribution in [2.24, 2.45) is 0 Å². The number of nitrogens with one attached hydrogen (secondary N) is 2. The molecule has 0 aliphatic rings. The van der Waals surface area contributed by atoms with E-state index >= 15 is 0 Å². The van der Waals surface area contributed by atoms with Crippen molar-refractivity contribution in [3.8, 4) is 0 Å². The zero-order valence-electron chi connectivity index (χ0n) is 12.5. The van der Waals surface area contributed by atoms with Crippen LogP contribution in [-0.2, 0) is 10.0 Å². The summed E-state index contributed by atoms with van der Waals surface area (Å²) in [5.41, 5.74) is 1.21. The van der Waals surface area contributed by atoms with Gasteiger partial charge in [0.1, 0.15) is 5.82 Å². The Morgan fingerprint density at radius 2 is 2.08 bits per heavy atom. The Morgan fingerprint density at radius 3 is 2.88 bits per heavy atom. The molecule has 3 rings (SSSR count). The van der Waals surface area contributed by atoms with Gasteiger partial charge >= 0.3 is 0 Å². The van der Waals surface area contributed by atoms with Gasteiger partial charge in [-0.15, -0.1) is 6.58 Å². The predicted octanol–water partition coefficient (Wildman–Crippen LogP) is 3.83. The van der Waals surface area contributed by atoms with Crippen molar-refractivity contribution in [3.63, 3.8) is 0 Å². The topological polar surface area (TPSA) is 71.1 Å². The number of nitrogens with zero attached hydrogens (tertiary/aromatic N) is 1. The number of hydrogen-bond acceptors (Lipinski definition) is 5. The van der Waals surface area contributed by atoms with Crippen LogP contribution in [-0.4, -0.2) is 19.9 Å². The molecule has 5 nitrogen and oxygen atoms in total. The lowest BCUT2D eigenvalue weighted by molar-refractivity contribution is 0.601. The van der Waals surface area contributed by atoms with Crippen molar-refractivity contribution in [2.75, 3.05) is 16.6 Å². The molecule has 1 aromatic heterocycles. The van der Waals surface area contributed by atoms with Crippen molar-refractivity contribution >= 4 is 42.4 Å². The summed E-state index contributed by atoms with van der Waals surface area (Å²) in [4.78, 5) is 4.28. The Balaban J connectivity index is 1.88. The van der Waals surface area contributed by atoms with E-state index in [0.29, 0.717) is 22.4 Å². The molecule has 0 radical (unpaired) electrons. The minimum absolute atomic E-state index is 0.113. The van der Waals surface area contributed by atoms with E-state index in [-0.39, 0.29) is 15.8 Å². The number of rotatable bonds is 6. The first-order valence-electron chi connectivity index (χ1n) is 7.02. The Morgan fingerprint density at radius 1 is 1.25 bits per heavy atom. The molecule has 0 saturated heterocycles. The van der Waals surface area contributed by atoms with Crippen LogP contribution in [0.25, 0.3) is 10.2 Å². The van der Waals surface area contributed by atoms with E-state index in [2.05, 4.69) is 21.6 Å². The predicted molar refractivity (Wildman–Crippen MR) is 95.5 cm³/mol. The molecule has 124 valence electrons. The van der Waals surface area contributed by atoms with Gasteiger partial charge in [0, 0.05) is 12.2 Å². The molecule has 3 aromatic rings. The Bertz CT molecular complexity index is 999. The summed E-state index contributed by atoms with van der Waals surface area (Å²) < 4.78 is 41.2. The Labute approximate surface area is 142 Å². The number of thiazole rings is 1. The average molecular weight is 363 g/mol. The first-order valence-corrected chi connectivity index (χ1v) is 9.32. The van der Waals surface area contributed by atoms with Gasteiger partial charge in [-0.25, -0.2) is 17.8 Å². The first kappa shape index (κ1) is 16.4. The maximum atomic E-state index is 13.2. The molecule has 0 fully saturated rings. The second kappa shape index (κ2) is 6.58. The largest absolute Gasteiger partial charge is 0.382 e. The highest BCUT2D eigenvalue weighted by molar-refractivity contribution is 7.93. The van der Waals surface area contributed by atoms with Gasteiger partial charge in [0.15, 0.2) is 5.13 Å². The third-order valence-corrected chi connectivity index (χ3v) is 5.57. The molecule has 0 aliphatic heterocycles. The molecule has 1 heterocycles. The van der Waals surface area contributed by atoms with E-state index in [1.54, 1.807) is 18.2 Å².